The Bertz CT molecular complexity index is 1060. The van der Waals surface area contributed by atoms with Crippen LogP contribution in [0.1, 0.15) is 75.2 Å². The van der Waals surface area contributed by atoms with Crippen molar-refractivity contribution < 1.29 is 13.9 Å². The van der Waals surface area contributed by atoms with Crippen LogP contribution in [0.15, 0.2) is 71.8 Å². The van der Waals surface area contributed by atoms with Gasteiger partial charge in [-0.3, -0.25) is 0 Å². The zero-order valence-corrected chi connectivity index (χ0v) is 25.4. The first-order valence-electron chi connectivity index (χ1n) is 13.7. The van der Waals surface area contributed by atoms with Crippen molar-refractivity contribution in [1.29, 1.82) is 0 Å². The van der Waals surface area contributed by atoms with Crippen LogP contribution >= 0.6 is 0 Å². The molecule has 2 aromatic rings. The van der Waals surface area contributed by atoms with E-state index >= 15 is 0 Å². The molecule has 1 aliphatic carbocycles. The number of hydrogen-bond acceptors (Lipinski definition) is 3. The molecule has 3 atom stereocenters. The molecular formula is C33H46O3Si. The second-order valence-electron chi connectivity index (χ2n) is 11.9. The van der Waals surface area contributed by atoms with Crippen LogP contribution in [0, 0.1) is 17.3 Å². The molecule has 0 bridgehead atoms. The van der Waals surface area contributed by atoms with Gasteiger partial charge in [0.25, 0.3) is 8.32 Å². The van der Waals surface area contributed by atoms with E-state index in [1.165, 1.54) is 21.5 Å². The quantitative estimate of drug-likeness (QED) is 0.217. The summed E-state index contributed by atoms with van der Waals surface area (Å²) in [7, 11) is -2.61. The van der Waals surface area contributed by atoms with E-state index in [0.29, 0.717) is 6.61 Å². The molecule has 37 heavy (non-hydrogen) atoms. The van der Waals surface area contributed by atoms with Gasteiger partial charge in [0.15, 0.2) is 6.29 Å². The maximum atomic E-state index is 7.49. The van der Waals surface area contributed by atoms with Crippen molar-refractivity contribution in [1.82, 2.24) is 0 Å². The molecule has 0 N–H and O–H groups in total. The van der Waals surface area contributed by atoms with E-state index in [2.05, 4.69) is 114 Å². The molecule has 0 radical (unpaired) electrons. The normalized spacial score (nSPS) is 19.6. The average Bonchev–Trinajstić information content (AvgIpc) is 2.82. The van der Waals surface area contributed by atoms with Crippen LogP contribution < -0.4 is 10.4 Å². The fraction of sp³-hybridized carbons (Fsp3) is 0.515. The highest BCUT2D eigenvalue weighted by Crippen LogP contribution is 2.44. The summed E-state index contributed by atoms with van der Waals surface area (Å²) in [6.45, 7) is 20.4. The molecule has 0 spiro atoms. The van der Waals surface area contributed by atoms with Gasteiger partial charge in [0.05, 0.1) is 6.10 Å². The van der Waals surface area contributed by atoms with Crippen LogP contribution in [0.25, 0.3) is 0 Å². The van der Waals surface area contributed by atoms with Crippen molar-refractivity contribution in [2.75, 3.05) is 6.61 Å². The Morgan fingerprint density at radius 1 is 0.973 bits per heavy atom. The van der Waals surface area contributed by atoms with E-state index in [1.54, 1.807) is 0 Å². The first-order chi connectivity index (χ1) is 17.4. The lowest BCUT2D eigenvalue weighted by Gasteiger charge is -2.47. The minimum absolute atomic E-state index is 0.0401. The fourth-order valence-corrected chi connectivity index (χ4v) is 10.5. The van der Waals surface area contributed by atoms with Crippen molar-refractivity contribution in [2.45, 2.75) is 98.7 Å². The van der Waals surface area contributed by atoms with Gasteiger partial charge in [0, 0.05) is 12.2 Å². The highest BCUT2D eigenvalue weighted by atomic mass is 28.4. The van der Waals surface area contributed by atoms with Gasteiger partial charge in [-0.05, 0) is 61.4 Å². The maximum Gasteiger partial charge on any atom is 0.261 e. The Morgan fingerprint density at radius 3 is 1.97 bits per heavy atom. The van der Waals surface area contributed by atoms with E-state index in [4.69, 9.17) is 13.9 Å². The third-order valence-corrected chi connectivity index (χ3v) is 12.4. The Kier molecular flexibility index (Phi) is 9.64. The summed E-state index contributed by atoms with van der Waals surface area (Å²) in [6.07, 6.45) is 1.50. The van der Waals surface area contributed by atoms with Crippen LogP contribution in [-0.4, -0.2) is 33.4 Å². The predicted molar refractivity (Wildman–Crippen MR) is 158 cm³/mol. The lowest BCUT2D eigenvalue weighted by atomic mass is 9.72. The molecule has 0 saturated carbocycles. The van der Waals surface area contributed by atoms with Crippen molar-refractivity contribution in [3.05, 3.63) is 71.8 Å². The minimum Gasteiger partial charge on any atom is -0.404 e. The van der Waals surface area contributed by atoms with Gasteiger partial charge in [0.1, 0.15) is 6.10 Å². The molecule has 0 amide bonds. The van der Waals surface area contributed by atoms with Crippen LogP contribution in [0.4, 0.5) is 0 Å². The molecule has 3 nitrogen and oxygen atoms in total. The molecule has 0 saturated heterocycles. The number of benzene rings is 2. The highest BCUT2D eigenvalue weighted by molar-refractivity contribution is 6.99. The van der Waals surface area contributed by atoms with Gasteiger partial charge >= 0.3 is 0 Å². The fourth-order valence-electron chi connectivity index (χ4n) is 5.83. The Labute approximate surface area is 226 Å². The summed E-state index contributed by atoms with van der Waals surface area (Å²) in [5.41, 5.74) is 2.45. The number of rotatable bonds is 8. The van der Waals surface area contributed by atoms with E-state index < -0.39 is 8.32 Å². The second-order valence-corrected chi connectivity index (χ2v) is 16.2. The number of ether oxygens (including phenoxy) is 2. The molecule has 0 fully saturated rings. The van der Waals surface area contributed by atoms with Crippen LogP contribution in [-0.2, 0) is 13.9 Å². The van der Waals surface area contributed by atoms with Gasteiger partial charge in [-0.15, -0.1) is 0 Å². The van der Waals surface area contributed by atoms with Crippen molar-refractivity contribution in [3.8, 4) is 11.8 Å². The molecule has 0 aromatic heterocycles. The lowest BCUT2D eigenvalue weighted by Crippen LogP contribution is -2.68. The zero-order chi connectivity index (χ0) is 27.3. The summed E-state index contributed by atoms with van der Waals surface area (Å²) < 4.78 is 18.9. The predicted octanol–water partition coefficient (Wildman–Crippen LogP) is 6.86. The van der Waals surface area contributed by atoms with E-state index in [-0.39, 0.29) is 29.0 Å². The maximum absolute atomic E-state index is 7.49. The van der Waals surface area contributed by atoms with Gasteiger partial charge in [-0.1, -0.05) is 113 Å². The van der Waals surface area contributed by atoms with E-state index in [0.717, 1.165) is 12.8 Å². The highest BCUT2D eigenvalue weighted by Gasteiger charge is 2.52. The molecule has 0 aliphatic heterocycles. The summed E-state index contributed by atoms with van der Waals surface area (Å²) in [5.74, 6) is 6.82. The first kappa shape index (κ1) is 29.4. The summed E-state index contributed by atoms with van der Waals surface area (Å²) in [5, 5.41) is 2.61. The summed E-state index contributed by atoms with van der Waals surface area (Å²) in [4.78, 5) is 0. The molecule has 2 unspecified atom stereocenters. The molecule has 4 heteroatoms. The lowest BCUT2D eigenvalue weighted by molar-refractivity contribution is -0.139. The summed E-state index contributed by atoms with van der Waals surface area (Å²) in [6, 6.07) is 21.8. The first-order valence-corrected chi connectivity index (χ1v) is 15.6. The average molecular weight is 519 g/mol. The van der Waals surface area contributed by atoms with Crippen LogP contribution in [0.2, 0.25) is 5.04 Å². The Morgan fingerprint density at radius 2 is 1.51 bits per heavy atom. The summed E-state index contributed by atoms with van der Waals surface area (Å²) >= 11 is 0. The third kappa shape index (κ3) is 6.83. The largest absolute Gasteiger partial charge is 0.404 e. The van der Waals surface area contributed by atoms with Gasteiger partial charge in [-0.2, -0.15) is 0 Å². The molecule has 3 rings (SSSR count). The van der Waals surface area contributed by atoms with Crippen molar-refractivity contribution in [2.24, 2.45) is 5.41 Å². The smallest absolute Gasteiger partial charge is 0.261 e. The van der Waals surface area contributed by atoms with Crippen molar-refractivity contribution >= 4 is 18.7 Å². The molecular weight excluding hydrogens is 472 g/mol. The van der Waals surface area contributed by atoms with Crippen molar-refractivity contribution in [3.63, 3.8) is 0 Å². The zero-order valence-electron chi connectivity index (χ0n) is 24.4. The Balaban J connectivity index is 1.97. The molecule has 2 aromatic carbocycles. The van der Waals surface area contributed by atoms with E-state index in [1.807, 2.05) is 20.8 Å². The second kappa shape index (κ2) is 12.1. The van der Waals surface area contributed by atoms with Gasteiger partial charge < -0.3 is 13.9 Å². The van der Waals surface area contributed by atoms with Crippen LogP contribution in [0.3, 0.4) is 0 Å². The molecule has 1 aliphatic rings. The molecule has 200 valence electrons. The van der Waals surface area contributed by atoms with Gasteiger partial charge in [-0.25, -0.2) is 0 Å². The SMILES string of the molecule is CCOC(C)OC(C)C#CC1=C(C)C[C@@H](O[Si](c2ccccc2)(c2ccccc2)C(C)(C)C)CC1(C)C. The number of hydrogen-bond donors (Lipinski definition) is 0. The number of allylic oxidation sites excluding steroid dienone is 1. The third-order valence-electron chi connectivity index (χ3n) is 7.33. The Hall–Kier alpha value is -2.16. The minimum atomic E-state index is -2.61. The van der Waals surface area contributed by atoms with E-state index in [9.17, 15) is 0 Å². The standard InChI is InChI=1S/C33H46O3Si/c1-10-34-27(4)35-26(3)21-22-31-25(2)23-28(24-33(31,8)9)36-37(32(5,6)7,29-17-13-11-14-18-29)30-19-15-12-16-20-30/h11-20,26-28H,10,23-24H2,1-9H3/t26?,27?,28-/m1/s1. The van der Waals surface area contributed by atoms with Gasteiger partial charge in [0.2, 0.25) is 0 Å². The molecule has 0 heterocycles. The van der Waals surface area contributed by atoms with Crippen LogP contribution in [0.5, 0.6) is 0 Å². The monoisotopic (exact) mass is 518 g/mol. The topological polar surface area (TPSA) is 27.7 Å².